The number of nitrogens with two attached hydrogens (primary N) is 1. The number of sulfonamides is 1. The van der Waals surface area contributed by atoms with Crippen LogP contribution in [0.2, 0.25) is 0 Å². The number of anilines is 2. The van der Waals surface area contributed by atoms with E-state index in [9.17, 15) is 21.6 Å². The molecule has 0 aromatic heterocycles. The summed E-state index contributed by atoms with van der Waals surface area (Å²) in [5.74, 6) is 0. The number of hydrogen-bond donors (Lipinski definition) is 1. The predicted molar refractivity (Wildman–Crippen MR) is 59.9 cm³/mol. The largest absolute Gasteiger partial charge is 0.406 e. The summed E-state index contributed by atoms with van der Waals surface area (Å²) < 4.78 is 63.3. The third kappa shape index (κ3) is 2.40. The lowest BCUT2D eigenvalue weighted by atomic mass is 10.2. The zero-order chi connectivity index (χ0) is 13.6. The summed E-state index contributed by atoms with van der Waals surface area (Å²) in [5.41, 5.74) is 5.47. The molecule has 0 unspecified atom stereocenters. The monoisotopic (exact) mass is 279 g/mol. The number of hydrogen-bond acceptors (Lipinski definition) is 4. The van der Waals surface area contributed by atoms with Gasteiger partial charge in [-0.1, -0.05) is 0 Å². The maximum absolute atomic E-state index is 12.3. The lowest BCUT2D eigenvalue weighted by Crippen LogP contribution is -2.36. The van der Waals surface area contributed by atoms with Crippen molar-refractivity contribution in [1.29, 1.82) is 0 Å². The van der Waals surface area contributed by atoms with Gasteiger partial charge < -0.3 is 10.6 Å². The number of nitrogen functional groups attached to an aromatic ring is 1. The molecule has 18 heavy (non-hydrogen) atoms. The van der Waals surface area contributed by atoms with Crippen LogP contribution in [0.1, 0.15) is 0 Å². The molecule has 1 aliphatic heterocycles. The Morgan fingerprint density at radius 1 is 1.33 bits per heavy atom. The zero-order valence-electron chi connectivity index (χ0n) is 8.85. The van der Waals surface area contributed by atoms with Gasteiger partial charge in [0, 0.05) is 5.69 Å². The van der Waals surface area contributed by atoms with Gasteiger partial charge in [0.25, 0.3) is 10.0 Å². The summed E-state index contributed by atoms with van der Waals surface area (Å²) in [6, 6.07) is 3.64. The molecule has 0 atom stereocenters. The minimum absolute atomic E-state index is 0.0866. The number of halogens is 3. The van der Waals surface area contributed by atoms with Crippen molar-refractivity contribution < 1.29 is 21.6 Å². The van der Waals surface area contributed by atoms with Gasteiger partial charge in [-0.25, -0.2) is 0 Å². The Labute approximate surface area is 101 Å². The Balaban J connectivity index is 2.52. The summed E-state index contributed by atoms with van der Waals surface area (Å²) >= 11 is 0. The normalized spacial score (nSPS) is 17.6. The van der Waals surface area contributed by atoms with Crippen LogP contribution in [0, 0.1) is 0 Å². The fourth-order valence-electron chi connectivity index (χ4n) is 1.53. The highest BCUT2D eigenvalue weighted by molar-refractivity contribution is 7.90. The van der Waals surface area contributed by atoms with E-state index in [4.69, 9.17) is 5.73 Å². The van der Waals surface area contributed by atoms with Crippen LogP contribution >= 0.6 is 0 Å². The lowest BCUT2D eigenvalue weighted by molar-refractivity contribution is -0.117. The Bertz CT molecular complexity index is 610. The summed E-state index contributed by atoms with van der Waals surface area (Å²) in [6.07, 6.45) is -3.81. The van der Waals surface area contributed by atoms with E-state index >= 15 is 0 Å². The molecule has 0 bridgehead atoms. The second-order valence-corrected chi connectivity index (χ2v) is 5.27. The molecule has 0 radical (unpaired) electrons. The molecule has 0 amide bonds. The molecule has 1 aromatic carbocycles. The van der Waals surface area contributed by atoms with Gasteiger partial charge in [-0.3, -0.25) is 0 Å². The first kappa shape index (κ1) is 12.7. The van der Waals surface area contributed by atoms with Crippen LogP contribution in [0.15, 0.2) is 27.5 Å². The first-order valence-electron chi connectivity index (χ1n) is 4.72. The number of benzene rings is 1. The Kier molecular flexibility index (Phi) is 2.73. The smallest absolute Gasteiger partial charge is 0.399 e. The maximum Gasteiger partial charge on any atom is 0.406 e. The molecule has 2 N–H and O–H groups in total. The van der Waals surface area contributed by atoms with Crippen LogP contribution in [-0.2, 0) is 10.0 Å². The topological polar surface area (TPSA) is 75.8 Å². The van der Waals surface area contributed by atoms with E-state index < -0.39 is 22.7 Å². The van der Waals surface area contributed by atoms with E-state index in [0.29, 0.717) is 6.34 Å². The van der Waals surface area contributed by atoms with Crippen LogP contribution in [0.4, 0.5) is 24.5 Å². The van der Waals surface area contributed by atoms with Gasteiger partial charge >= 0.3 is 6.18 Å². The molecule has 0 spiro atoms. The van der Waals surface area contributed by atoms with Crippen LogP contribution in [0.3, 0.4) is 0 Å². The van der Waals surface area contributed by atoms with E-state index in [-0.39, 0.29) is 16.3 Å². The molecular formula is C9H8F3N3O2S. The maximum atomic E-state index is 12.3. The lowest BCUT2D eigenvalue weighted by Gasteiger charge is -2.26. The summed E-state index contributed by atoms with van der Waals surface area (Å²) in [4.78, 5) is 0.393. The van der Waals surface area contributed by atoms with Gasteiger partial charge in [0.05, 0.1) is 5.69 Å². The van der Waals surface area contributed by atoms with Crippen LogP contribution in [0.25, 0.3) is 0 Å². The van der Waals surface area contributed by atoms with Crippen molar-refractivity contribution in [2.45, 2.75) is 11.1 Å². The number of fused-ring (bicyclic) bond motifs is 1. The second kappa shape index (κ2) is 3.87. The molecule has 1 aromatic rings. The van der Waals surface area contributed by atoms with Crippen LogP contribution in [0.5, 0.6) is 0 Å². The highest BCUT2D eigenvalue weighted by atomic mass is 32.2. The van der Waals surface area contributed by atoms with Crippen LogP contribution in [-0.4, -0.2) is 27.5 Å². The van der Waals surface area contributed by atoms with E-state index in [2.05, 4.69) is 4.40 Å². The first-order valence-corrected chi connectivity index (χ1v) is 6.16. The molecule has 0 saturated carbocycles. The highest BCUT2D eigenvalue weighted by Crippen LogP contribution is 2.33. The first-order chi connectivity index (χ1) is 8.19. The van der Waals surface area contributed by atoms with Crippen molar-refractivity contribution in [2.24, 2.45) is 4.40 Å². The third-order valence-electron chi connectivity index (χ3n) is 2.25. The number of alkyl halides is 3. The van der Waals surface area contributed by atoms with Crippen molar-refractivity contribution in [3.63, 3.8) is 0 Å². The quantitative estimate of drug-likeness (QED) is 0.788. The van der Waals surface area contributed by atoms with Gasteiger partial charge in [0.1, 0.15) is 17.8 Å². The Morgan fingerprint density at radius 2 is 2.00 bits per heavy atom. The molecule has 98 valence electrons. The summed E-state index contributed by atoms with van der Waals surface area (Å²) in [7, 11) is -3.97. The van der Waals surface area contributed by atoms with Gasteiger partial charge in [0.2, 0.25) is 0 Å². The average Bonchev–Trinajstić information content (AvgIpc) is 2.21. The van der Waals surface area contributed by atoms with Gasteiger partial charge in [-0.05, 0) is 18.2 Å². The van der Waals surface area contributed by atoms with Gasteiger partial charge in [-0.2, -0.15) is 21.6 Å². The van der Waals surface area contributed by atoms with Crippen molar-refractivity contribution in [3.05, 3.63) is 18.2 Å². The molecule has 0 saturated heterocycles. The number of nitrogens with zero attached hydrogens (tertiary/aromatic N) is 2. The third-order valence-corrected chi connectivity index (χ3v) is 3.50. The van der Waals surface area contributed by atoms with Crippen molar-refractivity contribution in [1.82, 2.24) is 0 Å². The zero-order valence-corrected chi connectivity index (χ0v) is 9.66. The molecule has 5 nitrogen and oxygen atoms in total. The molecule has 9 heteroatoms. The fraction of sp³-hybridized carbons (Fsp3) is 0.222. The van der Waals surface area contributed by atoms with Crippen molar-refractivity contribution in [2.75, 3.05) is 17.2 Å². The summed E-state index contributed by atoms with van der Waals surface area (Å²) in [5, 5.41) is 0. The number of rotatable bonds is 1. The van der Waals surface area contributed by atoms with E-state index in [1.807, 2.05) is 0 Å². The van der Waals surface area contributed by atoms with E-state index in [0.717, 1.165) is 11.0 Å². The fourth-order valence-corrected chi connectivity index (χ4v) is 2.62. The molecule has 0 aliphatic carbocycles. The van der Waals surface area contributed by atoms with Crippen molar-refractivity contribution in [3.8, 4) is 0 Å². The molecule has 1 aliphatic rings. The van der Waals surface area contributed by atoms with E-state index in [1.54, 1.807) is 0 Å². The van der Waals surface area contributed by atoms with Gasteiger partial charge in [-0.15, -0.1) is 4.40 Å². The standard InChI is InChI=1S/C9H8F3N3O2S/c10-9(11,12)4-15-5-14-18(16,17)8-3-6(13)1-2-7(8)15/h1-3,5H,4,13H2. The molecule has 0 fully saturated rings. The average molecular weight is 279 g/mol. The minimum atomic E-state index is -4.47. The Hall–Kier alpha value is -1.77. The predicted octanol–water partition coefficient (Wildman–Crippen LogP) is 1.37. The van der Waals surface area contributed by atoms with Crippen LogP contribution < -0.4 is 10.6 Å². The van der Waals surface area contributed by atoms with E-state index in [1.165, 1.54) is 12.1 Å². The molecular weight excluding hydrogens is 271 g/mol. The molecule has 1 heterocycles. The summed E-state index contributed by atoms with van der Waals surface area (Å²) in [6.45, 7) is -1.32. The van der Waals surface area contributed by atoms with Gasteiger partial charge in [0.15, 0.2) is 0 Å². The molecule has 2 rings (SSSR count). The highest BCUT2D eigenvalue weighted by Gasteiger charge is 2.34. The Morgan fingerprint density at radius 3 is 2.61 bits per heavy atom. The minimum Gasteiger partial charge on any atom is -0.399 e. The second-order valence-electron chi connectivity index (χ2n) is 3.67. The van der Waals surface area contributed by atoms with Crippen molar-refractivity contribution >= 4 is 27.7 Å². The SMILES string of the molecule is Nc1ccc2c(c1)S(=O)(=O)N=CN2CC(F)(F)F.